The predicted octanol–water partition coefficient (Wildman–Crippen LogP) is -0.188. The van der Waals surface area contributed by atoms with Crippen molar-refractivity contribution in [3.05, 3.63) is 29.8 Å². The van der Waals surface area contributed by atoms with E-state index in [1.807, 2.05) is 5.32 Å². The van der Waals surface area contributed by atoms with Gasteiger partial charge in [0.1, 0.15) is 17.3 Å². The van der Waals surface area contributed by atoms with E-state index in [4.69, 9.17) is 0 Å². The van der Waals surface area contributed by atoms with Crippen molar-refractivity contribution in [1.29, 1.82) is 10.5 Å². The molecule has 1 aromatic rings. The smallest absolute Gasteiger partial charge is 0.245 e. The minimum atomic E-state index is -1.79. The molecule has 2 aliphatic heterocycles. The summed E-state index contributed by atoms with van der Waals surface area (Å²) in [5, 5.41) is 23.2. The van der Waals surface area contributed by atoms with E-state index in [1.165, 1.54) is 0 Å². The Kier molecular flexibility index (Phi) is 2.54. The second kappa shape index (κ2) is 4.15. The molecule has 0 aliphatic carbocycles. The highest BCUT2D eigenvalue weighted by atomic mass is 16.2. The number of imide groups is 1. The number of carbonyl (C=O) groups is 3. The molecule has 1 saturated heterocycles. The summed E-state index contributed by atoms with van der Waals surface area (Å²) in [6.07, 6.45) is 0. The zero-order valence-electron chi connectivity index (χ0n) is 10.6. The first-order chi connectivity index (χ1) is 10.1. The van der Waals surface area contributed by atoms with Crippen LogP contribution in [0.25, 0.3) is 0 Å². The molecule has 0 radical (unpaired) electrons. The van der Waals surface area contributed by atoms with Gasteiger partial charge in [-0.05, 0) is 11.6 Å². The van der Waals surface area contributed by atoms with Crippen molar-refractivity contribution in [3.63, 3.8) is 0 Å². The lowest BCUT2D eigenvalue weighted by Gasteiger charge is -2.37. The van der Waals surface area contributed by atoms with Crippen LogP contribution in [0.5, 0.6) is 0 Å². The summed E-state index contributed by atoms with van der Waals surface area (Å²) in [5.41, 5.74) is -1.05. The molecule has 1 spiro atoms. The molecule has 2 aliphatic rings. The Morgan fingerprint density at radius 1 is 0.952 bits per heavy atom. The Bertz CT molecular complexity index is 739. The van der Waals surface area contributed by atoms with E-state index in [2.05, 4.69) is 5.32 Å². The number of nitrogens with zero attached hydrogens (tertiary/aromatic N) is 2. The van der Waals surface area contributed by atoms with Crippen LogP contribution in [0.2, 0.25) is 0 Å². The second-order valence-corrected chi connectivity index (χ2v) is 4.85. The van der Waals surface area contributed by atoms with Crippen LogP contribution in [0.4, 0.5) is 5.69 Å². The molecule has 3 amide bonds. The number of para-hydroxylation sites is 1. The van der Waals surface area contributed by atoms with Crippen LogP contribution < -0.4 is 10.6 Å². The lowest BCUT2D eigenvalue weighted by molar-refractivity contribution is -0.146. The van der Waals surface area contributed by atoms with Gasteiger partial charge in [0.05, 0.1) is 12.1 Å². The van der Waals surface area contributed by atoms with E-state index >= 15 is 0 Å². The molecule has 2 atom stereocenters. The maximum Gasteiger partial charge on any atom is 0.245 e. The quantitative estimate of drug-likeness (QED) is 0.638. The first kappa shape index (κ1) is 12.8. The number of rotatable bonds is 0. The Balaban J connectivity index is 2.36. The largest absolute Gasteiger partial charge is 0.325 e. The Hall–Kier alpha value is -3.19. The van der Waals surface area contributed by atoms with Gasteiger partial charge in [0.2, 0.25) is 17.7 Å². The van der Waals surface area contributed by atoms with Gasteiger partial charge in [-0.1, -0.05) is 18.2 Å². The molecule has 0 saturated carbocycles. The second-order valence-electron chi connectivity index (χ2n) is 4.85. The third kappa shape index (κ3) is 1.37. The summed E-state index contributed by atoms with van der Waals surface area (Å²) in [6.45, 7) is 0. The van der Waals surface area contributed by atoms with Gasteiger partial charge in [-0.2, -0.15) is 10.5 Å². The first-order valence-corrected chi connectivity index (χ1v) is 6.12. The van der Waals surface area contributed by atoms with Crippen molar-refractivity contribution in [3.8, 4) is 12.1 Å². The lowest BCUT2D eigenvalue weighted by Crippen LogP contribution is -2.62. The Labute approximate surface area is 119 Å². The Morgan fingerprint density at radius 2 is 1.52 bits per heavy atom. The number of carbonyl (C=O) groups excluding carboxylic acids is 3. The van der Waals surface area contributed by atoms with E-state index in [0.717, 1.165) is 0 Å². The summed E-state index contributed by atoms with van der Waals surface area (Å²) in [7, 11) is 0. The van der Waals surface area contributed by atoms with Crippen molar-refractivity contribution in [1.82, 2.24) is 5.32 Å². The molecule has 0 bridgehead atoms. The number of hydrogen-bond donors (Lipinski definition) is 2. The average molecular weight is 280 g/mol. The number of fused-ring (bicyclic) bond motifs is 2. The topological polar surface area (TPSA) is 123 Å². The van der Waals surface area contributed by atoms with Crippen molar-refractivity contribution in [2.45, 2.75) is 5.41 Å². The fourth-order valence-corrected chi connectivity index (χ4v) is 3.04. The molecular formula is C14H8N4O3. The van der Waals surface area contributed by atoms with Gasteiger partial charge in [-0.25, -0.2) is 0 Å². The van der Waals surface area contributed by atoms with E-state index in [9.17, 15) is 24.9 Å². The zero-order chi connectivity index (χ0) is 15.2. The highest BCUT2D eigenvalue weighted by Gasteiger charge is 2.65. The maximum atomic E-state index is 12.5. The van der Waals surface area contributed by atoms with Gasteiger partial charge in [0, 0.05) is 5.69 Å². The van der Waals surface area contributed by atoms with E-state index in [0.29, 0.717) is 11.3 Å². The number of hydrogen-bond acceptors (Lipinski definition) is 5. The number of anilines is 1. The molecule has 3 rings (SSSR count). The molecule has 0 aromatic heterocycles. The van der Waals surface area contributed by atoms with Crippen LogP contribution in [-0.2, 0) is 19.8 Å². The minimum absolute atomic E-state index is 0.330. The molecule has 1 fully saturated rings. The van der Waals surface area contributed by atoms with Crippen LogP contribution in [0.1, 0.15) is 5.56 Å². The van der Waals surface area contributed by atoms with Gasteiger partial charge >= 0.3 is 0 Å². The molecule has 102 valence electrons. The molecule has 2 heterocycles. The molecule has 2 N–H and O–H groups in total. The van der Waals surface area contributed by atoms with Crippen molar-refractivity contribution in [2.75, 3.05) is 5.32 Å². The summed E-state index contributed by atoms with van der Waals surface area (Å²) >= 11 is 0. The van der Waals surface area contributed by atoms with E-state index < -0.39 is 35.0 Å². The van der Waals surface area contributed by atoms with Gasteiger partial charge < -0.3 is 5.32 Å². The molecule has 7 heteroatoms. The highest BCUT2D eigenvalue weighted by Crippen LogP contribution is 2.49. The standard InChI is InChI=1S/C14H8N4O3/c15-5-8-11(19)18-12(20)9(6-16)14(8)7-3-1-2-4-10(7)17-13(14)21/h1-4,8-9H,(H,17,21)(H,18,19,20). The van der Waals surface area contributed by atoms with Crippen LogP contribution in [-0.4, -0.2) is 17.7 Å². The zero-order valence-corrected chi connectivity index (χ0v) is 10.6. The number of benzene rings is 1. The minimum Gasteiger partial charge on any atom is -0.325 e. The molecular weight excluding hydrogens is 272 g/mol. The summed E-state index contributed by atoms with van der Waals surface area (Å²) < 4.78 is 0. The number of piperidine rings is 1. The monoisotopic (exact) mass is 280 g/mol. The van der Waals surface area contributed by atoms with Crippen LogP contribution in [0.3, 0.4) is 0 Å². The SMILES string of the molecule is N#CC1C(=O)NC(=O)C(C#N)C12C(=O)Nc1ccccc12. The summed E-state index contributed by atoms with van der Waals surface area (Å²) in [6, 6.07) is 9.98. The van der Waals surface area contributed by atoms with Gasteiger partial charge in [0.25, 0.3) is 0 Å². The molecule has 2 unspecified atom stereocenters. The van der Waals surface area contributed by atoms with E-state index in [1.54, 1.807) is 36.4 Å². The number of nitriles is 2. The lowest BCUT2D eigenvalue weighted by atomic mass is 9.61. The van der Waals surface area contributed by atoms with Crippen molar-refractivity contribution >= 4 is 23.4 Å². The molecule has 7 nitrogen and oxygen atoms in total. The summed E-state index contributed by atoms with van der Waals surface area (Å²) in [4.78, 5) is 36.4. The van der Waals surface area contributed by atoms with Crippen molar-refractivity contribution < 1.29 is 14.4 Å². The molecule has 21 heavy (non-hydrogen) atoms. The third-order valence-electron chi connectivity index (χ3n) is 3.94. The fourth-order valence-electron chi connectivity index (χ4n) is 3.04. The normalized spacial score (nSPS) is 30.1. The van der Waals surface area contributed by atoms with Gasteiger partial charge in [-0.3, -0.25) is 19.7 Å². The fraction of sp³-hybridized carbons (Fsp3) is 0.214. The number of nitrogens with one attached hydrogen (secondary N) is 2. The van der Waals surface area contributed by atoms with Gasteiger partial charge in [-0.15, -0.1) is 0 Å². The van der Waals surface area contributed by atoms with Crippen LogP contribution in [0, 0.1) is 34.5 Å². The Morgan fingerprint density at radius 3 is 2.10 bits per heavy atom. The average Bonchev–Trinajstić information content (AvgIpc) is 2.73. The number of amides is 3. The van der Waals surface area contributed by atoms with Gasteiger partial charge in [0.15, 0.2) is 0 Å². The maximum absolute atomic E-state index is 12.5. The summed E-state index contributed by atoms with van der Waals surface area (Å²) in [5.74, 6) is -5.28. The van der Waals surface area contributed by atoms with Crippen LogP contribution in [0.15, 0.2) is 24.3 Å². The predicted molar refractivity (Wildman–Crippen MR) is 68.1 cm³/mol. The molecule has 1 aromatic carbocycles. The highest BCUT2D eigenvalue weighted by molar-refractivity contribution is 6.17. The van der Waals surface area contributed by atoms with Crippen LogP contribution >= 0.6 is 0 Å². The van der Waals surface area contributed by atoms with Crippen molar-refractivity contribution in [2.24, 2.45) is 11.8 Å². The first-order valence-electron chi connectivity index (χ1n) is 6.12. The van der Waals surface area contributed by atoms with E-state index in [-0.39, 0.29) is 0 Å². The third-order valence-corrected chi connectivity index (χ3v) is 3.94.